The molecule has 0 aromatic carbocycles. The van der Waals surface area contributed by atoms with Crippen molar-refractivity contribution >= 4 is 21.4 Å². The minimum atomic E-state index is -3.10. The summed E-state index contributed by atoms with van der Waals surface area (Å²) in [5.74, 6) is -0.182. The van der Waals surface area contributed by atoms with E-state index in [1.807, 2.05) is 0 Å². The van der Waals surface area contributed by atoms with E-state index in [0.29, 0.717) is 5.56 Å². The highest BCUT2D eigenvalue weighted by atomic mass is 35.5. The second-order valence-electron chi connectivity index (χ2n) is 3.12. The van der Waals surface area contributed by atoms with E-state index in [1.54, 1.807) is 0 Å². The zero-order chi connectivity index (χ0) is 10.3. The van der Waals surface area contributed by atoms with Gasteiger partial charge in [-0.15, -0.1) is 0 Å². The van der Waals surface area contributed by atoms with E-state index in [1.165, 1.54) is 0 Å². The lowest BCUT2D eigenvalue weighted by atomic mass is 10.2. The second kappa shape index (κ2) is 3.06. The summed E-state index contributed by atoms with van der Waals surface area (Å²) in [6.45, 7) is 0. The van der Waals surface area contributed by atoms with Crippen LogP contribution in [0.1, 0.15) is 11.3 Å². The average Bonchev–Trinajstić information content (AvgIpc) is 2.00. The van der Waals surface area contributed by atoms with Gasteiger partial charge in [0.25, 0.3) is 5.56 Å². The van der Waals surface area contributed by atoms with Crippen LogP contribution in [0.25, 0.3) is 0 Å². The predicted molar refractivity (Wildman–Crippen MR) is 51.1 cm³/mol. The summed E-state index contributed by atoms with van der Waals surface area (Å²) in [6, 6.07) is 0. The van der Waals surface area contributed by atoms with Crippen LogP contribution in [0, 0.1) is 0 Å². The topological polar surface area (TPSA) is 79.9 Å². The molecule has 0 aliphatic carbocycles. The van der Waals surface area contributed by atoms with Crippen molar-refractivity contribution in [3.05, 3.63) is 26.9 Å². The second-order valence-corrected chi connectivity index (χ2v) is 5.67. The Bertz CT molecular complexity index is 534. The lowest BCUT2D eigenvalue weighted by molar-refractivity contribution is 0.590. The third-order valence-corrected chi connectivity index (χ3v) is 3.81. The summed E-state index contributed by atoms with van der Waals surface area (Å²) >= 11 is 5.51. The minimum Gasteiger partial charge on any atom is -0.297 e. The van der Waals surface area contributed by atoms with Gasteiger partial charge in [-0.25, -0.2) is 13.4 Å². The zero-order valence-corrected chi connectivity index (χ0v) is 8.65. The van der Waals surface area contributed by atoms with Crippen molar-refractivity contribution in [2.45, 2.75) is 12.2 Å². The van der Waals surface area contributed by atoms with Gasteiger partial charge in [0.05, 0.1) is 17.2 Å². The van der Waals surface area contributed by atoms with Gasteiger partial charge in [-0.3, -0.25) is 9.78 Å². The molecule has 1 aliphatic heterocycles. The Labute approximate surface area is 85.0 Å². The summed E-state index contributed by atoms with van der Waals surface area (Å²) in [5, 5.41) is -0.0640. The SMILES string of the molecule is O=c1[nH]c(Cl)nc2c1CCS(=O)(=O)C2. The van der Waals surface area contributed by atoms with Crippen molar-refractivity contribution in [1.29, 1.82) is 0 Å². The zero-order valence-electron chi connectivity index (χ0n) is 7.08. The number of halogens is 1. The van der Waals surface area contributed by atoms with Crippen molar-refractivity contribution in [2.75, 3.05) is 5.75 Å². The molecular formula is C7H7ClN2O3S. The van der Waals surface area contributed by atoms with Gasteiger partial charge in [0.2, 0.25) is 5.28 Å². The molecule has 1 aromatic heterocycles. The predicted octanol–water partition coefficient (Wildman–Crippen LogP) is -0.106. The molecule has 0 radical (unpaired) electrons. The van der Waals surface area contributed by atoms with Gasteiger partial charge in [0.1, 0.15) is 0 Å². The molecule has 0 atom stereocenters. The summed E-state index contributed by atoms with van der Waals surface area (Å²) in [7, 11) is -3.10. The van der Waals surface area contributed by atoms with Crippen LogP contribution in [0.4, 0.5) is 0 Å². The molecule has 0 saturated heterocycles. The summed E-state index contributed by atoms with van der Waals surface area (Å²) in [5.41, 5.74) is 0.379. The van der Waals surface area contributed by atoms with Crippen LogP contribution < -0.4 is 5.56 Å². The van der Waals surface area contributed by atoms with Gasteiger partial charge in [-0.1, -0.05) is 0 Å². The number of nitrogens with one attached hydrogen (secondary N) is 1. The molecule has 5 nitrogen and oxygen atoms in total. The van der Waals surface area contributed by atoms with E-state index in [4.69, 9.17) is 11.6 Å². The summed E-state index contributed by atoms with van der Waals surface area (Å²) in [6.07, 6.45) is 0.219. The number of sulfone groups is 1. The molecule has 7 heteroatoms. The van der Waals surface area contributed by atoms with Crippen molar-refractivity contribution < 1.29 is 8.42 Å². The molecule has 1 aromatic rings. The standard InChI is InChI=1S/C7H7ClN2O3S/c8-7-9-5-3-14(12,13)2-1-4(5)6(11)10-7/h1-3H2,(H,9,10,11). The van der Waals surface area contributed by atoms with Crippen LogP contribution in [-0.4, -0.2) is 24.1 Å². The van der Waals surface area contributed by atoms with Crippen LogP contribution in [0.2, 0.25) is 5.28 Å². The Balaban J connectivity index is 2.64. The Morgan fingerprint density at radius 1 is 1.43 bits per heavy atom. The molecule has 2 heterocycles. The third kappa shape index (κ3) is 1.67. The van der Waals surface area contributed by atoms with Gasteiger partial charge < -0.3 is 0 Å². The molecule has 0 saturated carbocycles. The molecule has 1 N–H and O–H groups in total. The number of fused-ring (bicyclic) bond motifs is 1. The quantitative estimate of drug-likeness (QED) is 0.636. The molecule has 1 aliphatic rings. The number of aromatic amines is 1. The Morgan fingerprint density at radius 3 is 2.86 bits per heavy atom. The molecule has 0 fully saturated rings. The Hall–Kier alpha value is -0.880. The molecule has 0 bridgehead atoms. The maximum atomic E-state index is 11.3. The van der Waals surface area contributed by atoms with Gasteiger partial charge >= 0.3 is 0 Å². The third-order valence-electron chi connectivity index (χ3n) is 2.09. The number of hydrogen-bond donors (Lipinski definition) is 1. The highest BCUT2D eigenvalue weighted by Gasteiger charge is 2.24. The van der Waals surface area contributed by atoms with Crippen molar-refractivity contribution in [3.8, 4) is 0 Å². The van der Waals surface area contributed by atoms with Gasteiger partial charge in [0.15, 0.2) is 9.84 Å². The van der Waals surface area contributed by atoms with Crippen LogP contribution in [0.3, 0.4) is 0 Å². The number of hydrogen-bond acceptors (Lipinski definition) is 4. The van der Waals surface area contributed by atoms with Gasteiger partial charge in [-0.05, 0) is 18.0 Å². The number of H-pyrrole nitrogens is 1. The molecular weight excluding hydrogens is 228 g/mol. The molecule has 0 amide bonds. The van der Waals surface area contributed by atoms with Crippen LogP contribution in [0.5, 0.6) is 0 Å². The largest absolute Gasteiger partial charge is 0.297 e. The summed E-state index contributed by atoms with van der Waals surface area (Å²) < 4.78 is 22.5. The monoisotopic (exact) mass is 234 g/mol. The maximum absolute atomic E-state index is 11.3. The first kappa shape index (κ1) is 9.67. The van der Waals surface area contributed by atoms with Gasteiger partial charge in [-0.2, -0.15) is 0 Å². The van der Waals surface area contributed by atoms with E-state index >= 15 is 0 Å². The highest BCUT2D eigenvalue weighted by Crippen LogP contribution is 2.16. The van der Waals surface area contributed by atoms with E-state index in [-0.39, 0.29) is 34.5 Å². The van der Waals surface area contributed by atoms with Crippen LogP contribution in [-0.2, 0) is 22.0 Å². The fourth-order valence-electron chi connectivity index (χ4n) is 1.43. The first-order chi connectivity index (χ1) is 6.48. The van der Waals surface area contributed by atoms with Crippen molar-refractivity contribution in [1.82, 2.24) is 9.97 Å². The summed E-state index contributed by atoms with van der Waals surface area (Å²) in [4.78, 5) is 17.5. The molecule has 0 unspecified atom stereocenters. The van der Waals surface area contributed by atoms with Crippen LogP contribution in [0.15, 0.2) is 4.79 Å². The average molecular weight is 235 g/mol. The number of aromatic nitrogens is 2. The van der Waals surface area contributed by atoms with Crippen molar-refractivity contribution in [3.63, 3.8) is 0 Å². The minimum absolute atomic E-state index is 0.00634. The molecule has 14 heavy (non-hydrogen) atoms. The van der Waals surface area contributed by atoms with Crippen molar-refractivity contribution in [2.24, 2.45) is 0 Å². The highest BCUT2D eigenvalue weighted by molar-refractivity contribution is 7.90. The first-order valence-corrected chi connectivity index (χ1v) is 6.16. The van der Waals surface area contributed by atoms with E-state index in [0.717, 1.165) is 0 Å². The van der Waals surface area contributed by atoms with E-state index in [9.17, 15) is 13.2 Å². The van der Waals surface area contributed by atoms with E-state index < -0.39 is 9.84 Å². The Kier molecular flexibility index (Phi) is 2.11. The first-order valence-electron chi connectivity index (χ1n) is 3.96. The lowest BCUT2D eigenvalue weighted by Crippen LogP contribution is -2.27. The molecule has 0 spiro atoms. The smallest absolute Gasteiger partial charge is 0.255 e. The molecule has 76 valence electrons. The number of nitrogens with zero attached hydrogens (tertiary/aromatic N) is 1. The van der Waals surface area contributed by atoms with Crippen LogP contribution >= 0.6 is 11.6 Å². The molecule has 2 rings (SSSR count). The maximum Gasteiger partial charge on any atom is 0.255 e. The fourth-order valence-corrected chi connectivity index (χ4v) is 2.93. The normalized spacial score (nSPS) is 18.9. The van der Waals surface area contributed by atoms with Gasteiger partial charge in [0, 0.05) is 5.56 Å². The van der Waals surface area contributed by atoms with E-state index in [2.05, 4.69) is 9.97 Å². The number of rotatable bonds is 0. The lowest BCUT2D eigenvalue weighted by Gasteiger charge is -2.13. The fraction of sp³-hybridized carbons (Fsp3) is 0.429. The Morgan fingerprint density at radius 2 is 2.14 bits per heavy atom.